The van der Waals surface area contributed by atoms with E-state index in [0.29, 0.717) is 0 Å². The van der Waals surface area contributed by atoms with Crippen LogP contribution in [0.15, 0.2) is 34.3 Å². The SMILES string of the molecule is C/C=N/Cc1ccc(C/N=C/C)cc1. The minimum atomic E-state index is 0.772. The van der Waals surface area contributed by atoms with Gasteiger partial charge in [-0.15, -0.1) is 0 Å². The fourth-order valence-corrected chi connectivity index (χ4v) is 1.14. The topological polar surface area (TPSA) is 24.7 Å². The predicted octanol–water partition coefficient (Wildman–Crippen LogP) is 2.87. The van der Waals surface area contributed by atoms with Gasteiger partial charge in [0.15, 0.2) is 0 Å². The van der Waals surface area contributed by atoms with Gasteiger partial charge in [0.2, 0.25) is 0 Å². The molecule has 1 rings (SSSR count). The molecule has 0 atom stereocenters. The lowest BCUT2D eigenvalue weighted by Crippen LogP contribution is -1.85. The molecule has 0 radical (unpaired) electrons. The number of hydrogen-bond donors (Lipinski definition) is 0. The third-order valence-corrected chi connectivity index (χ3v) is 1.94. The van der Waals surface area contributed by atoms with Crippen molar-refractivity contribution in [1.29, 1.82) is 0 Å². The quantitative estimate of drug-likeness (QED) is 0.649. The third kappa shape index (κ3) is 3.52. The maximum atomic E-state index is 4.18. The highest BCUT2D eigenvalue weighted by Crippen LogP contribution is 2.06. The van der Waals surface area contributed by atoms with Gasteiger partial charge in [-0.25, -0.2) is 0 Å². The second kappa shape index (κ2) is 6.08. The van der Waals surface area contributed by atoms with E-state index in [-0.39, 0.29) is 0 Å². The number of nitrogens with zero attached hydrogens (tertiary/aromatic N) is 2. The molecule has 0 aliphatic rings. The third-order valence-electron chi connectivity index (χ3n) is 1.94. The summed E-state index contributed by atoms with van der Waals surface area (Å²) < 4.78 is 0. The first-order valence-electron chi connectivity index (χ1n) is 4.83. The molecule has 0 aliphatic heterocycles. The smallest absolute Gasteiger partial charge is 0.0635 e. The summed E-state index contributed by atoms with van der Waals surface area (Å²) in [6.45, 7) is 5.41. The molecule has 0 aliphatic carbocycles. The Labute approximate surface area is 85.4 Å². The molecule has 74 valence electrons. The summed E-state index contributed by atoms with van der Waals surface area (Å²) >= 11 is 0. The summed E-state index contributed by atoms with van der Waals surface area (Å²) in [5.41, 5.74) is 2.49. The Morgan fingerprint density at radius 3 is 1.50 bits per heavy atom. The predicted molar refractivity (Wildman–Crippen MR) is 62.2 cm³/mol. The van der Waals surface area contributed by atoms with E-state index < -0.39 is 0 Å². The van der Waals surface area contributed by atoms with E-state index in [2.05, 4.69) is 34.3 Å². The Bertz CT molecular complexity index is 277. The molecule has 0 unspecified atom stereocenters. The molecule has 0 aromatic heterocycles. The Hall–Kier alpha value is -1.44. The Kier molecular flexibility index (Phi) is 4.62. The molecule has 0 heterocycles. The molecule has 1 aromatic rings. The summed E-state index contributed by atoms with van der Waals surface area (Å²) in [5.74, 6) is 0. The van der Waals surface area contributed by atoms with Gasteiger partial charge in [0, 0.05) is 0 Å². The molecule has 0 saturated heterocycles. The molecule has 2 heteroatoms. The summed E-state index contributed by atoms with van der Waals surface area (Å²) in [6, 6.07) is 8.42. The lowest BCUT2D eigenvalue weighted by Gasteiger charge is -1.99. The molecular weight excluding hydrogens is 172 g/mol. The molecule has 1 aromatic carbocycles. The van der Waals surface area contributed by atoms with E-state index in [1.807, 2.05) is 26.3 Å². The summed E-state index contributed by atoms with van der Waals surface area (Å²) in [5, 5.41) is 0. The minimum Gasteiger partial charge on any atom is -0.293 e. The highest BCUT2D eigenvalue weighted by molar-refractivity contribution is 5.53. The van der Waals surface area contributed by atoms with Crippen LogP contribution in [-0.2, 0) is 13.1 Å². The van der Waals surface area contributed by atoms with Crippen molar-refractivity contribution < 1.29 is 0 Å². The van der Waals surface area contributed by atoms with Crippen molar-refractivity contribution in [3.8, 4) is 0 Å². The first-order chi connectivity index (χ1) is 6.86. The second-order valence-electron chi connectivity index (χ2n) is 3.01. The second-order valence-corrected chi connectivity index (χ2v) is 3.01. The molecule has 0 amide bonds. The molecule has 0 fully saturated rings. The van der Waals surface area contributed by atoms with Crippen molar-refractivity contribution in [2.45, 2.75) is 26.9 Å². The summed E-state index contributed by atoms with van der Waals surface area (Å²) in [6.07, 6.45) is 3.66. The van der Waals surface area contributed by atoms with Crippen LogP contribution in [0.4, 0.5) is 0 Å². The maximum absolute atomic E-state index is 4.18. The van der Waals surface area contributed by atoms with Gasteiger partial charge in [-0.05, 0) is 37.4 Å². The van der Waals surface area contributed by atoms with Crippen LogP contribution in [0.2, 0.25) is 0 Å². The van der Waals surface area contributed by atoms with Crippen LogP contribution in [0.5, 0.6) is 0 Å². The average molecular weight is 188 g/mol. The van der Waals surface area contributed by atoms with Gasteiger partial charge >= 0.3 is 0 Å². The van der Waals surface area contributed by atoms with Gasteiger partial charge in [0.1, 0.15) is 0 Å². The van der Waals surface area contributed by atoms with E-state index in [1.54, 1.807) is 0 Å². The first-order valence-corrected chi connectivity index (χ1v) is 4.83. The van der Waals surface area contributed by atoms with Crippen molar-refractivity contribution in [3.05, 3.63) is 35.4 Å². The zero-order valence-corrected chi connectivity index (χ0v) is 8.77. The van der Waals surface area contributed by atoms with Crippen LogP contribution in [0, 0.1) is 0 Å². The van der Waals surface area contributed by atoms with E-state index in [1.165, 1.54) is 11.1 Å². The zero-order valence-electron chi connectivity index (χ0n) is 8.77. The van der Waals surface area contributed by atoms with Crippen LogP contribution in [0.25, 0.3) is 0 Å². The number of hydrogen-bond acceptors (Lipinski definition) is 2. The molecular formula is C12H16N2. The fraction of sp³-hybridized carbons (Fsp3) is 0.333. The number of rotatable bonds is 4. The lowest BCUT2D eigenvalue weighted by molar-refractivity contribution is 1.04. The van der Waals surface area contributed by atoms with Crippen LogP contribution >= 0.6 is 0 Å². The lowest BCUT2D eigenvalue weighted by atomic mass is 10.1. The molecule has 2 nitrogen and oxygen atoms in total. The molecule has 0 N–H and O–H groups in total. The van der Waals surface area contributed by atoms with Crippen molar-refractivity contribution in [1.82, 2.24) is 0 Å². The average Bonchev–Trinajstić information content (AvgIpc) is 2.25. The van der Waals surface area contributed by atoms with Gasteiger partial charge in [0.05, 0.1) is 13.1 Å². The normalized spacial score (nSPS) is 11.6. The van der Waals surface area contributed by atoms with Gasteiger partial charge in [-0.2, -0.15) is 0 Å². The molecule has 0 saturated carbocycles. The first kappa shape index (κ1) is 10.6. The zero-order chi connectivity index (χ0) is 10.2. The summed E-state index contributed by atoms with van der Waals surface area (Å²) in [7, 11) is 0. The van der Waals surface area contributed by atoms with Crippen LogP contribution < -0.4 is 0 Å². The van der Waals surface area contributed by atoms with E-state index >= 15 is 0 Å². The Morgan fingerprint density at radius 2 is 1.21 bits per heavy atom. The largest absolute Gasteiger partial charge is 0.293 e. The maximum Gasteiger partial charge on any atom is 0.0635 e. The van der Waals surface area contributed by atoms with Crippen molar-refractivity contribution in [2.75, 3.05) is 0 Å². The molecule has 0 bridgehead atoms. The van der Waals surface area contributed by atoms with Crippen molar-refractivity contribution >= 4 is 12.4 Å². The Balaban J connectivity index is 2.58. The van der Waals surface area contributed by atoms with Gasteiger partial charge in [-0.1, -0.05) is 24.3 Å². The Morgan fingerprint density at radius 1 is 0.857 bits per heavy atom. The van der Waals surface area contributed by atoms with Crippen molar-refractivity contribution in [3.63, 3.8) is 0 Å². The number of aliphatic imine (C=N–C) groups is 2. The monoisotopic (exact) mass is 188 g/mol. The minimum absolute atomic E-state index is 0.772. The van der Waals surface area contributed by atoms with Crippen LogP contribution in [-0.4, -0.2) is 12.4 Å². The van der Waals surface area contributed by atoms with Crippen LogP contribution in [0.1, 0.15) is 25.0 Å². The summed E-state index contributed by atoms with van der Waals surface area (Å²) in [4.78, 5) is 8.36. The van der Waals surface area contributed by atoms with Gasteiger partial charge in [0.25, 0.3) is 0 Å². The highest BCUT2D eigenvalue weighted by atomic mass is 14.7. The highest BCUT2D eigenvalue weighted by Gasteiger charge is 1.91. The van der Waals surface area contributed by atoms with Crippen molar-refractivity contribution in [2.24, 2.45) is 9.98 Å². The molecule has 14 heavy (non-hydrogen) atoms. The van der Waals surface area contributed by atoms with Gasteiger partial charge in [-0.3, -0.25) is 9.98 Å². The van der Waals surface area contributed by atoms with E-state index in [0.717, 1.165) is 13.1 Å². The van der Waals surface area contributed by atoms with Crippen LogP contribution in [0.3, 0.4) is 0 Å². The fourth-order valence-electron chi connectivity index (χ4n) is 1.14. The molecule has 0 spiro atoms. The number of benzene rings is 1. The van der Waals surface area contributed by atoms with Gasteiger partial charge < -0.3 is 0 Å². The van der Waals surface area contributed by atoms with E-state index in [4.69, 9.17) is 0 Å². The standard InChI is InChI=1S/C12H16N2/c1-3-13-9-11-5-7-12(8-6-11)10-14-4-2/h3-8H,9-10H2,1-2H3/b13-3+,14-4+. The van der Waals surface area contributed by atoms with E-state index in [9.17, 15) is 0 Å².